The van der Waals surface area contributed by atoms with Crippen molar-refractivity contribution in [1.29, 1.82) is 0 Å². The largest absolute Gasteiger partial charge is 0.497 e. The van der Waals surface area contributed by atoms with Gasteiger partial charge in [0.05, 0.1) is 18.2 Å². The maximum absolute atomic E-state index is 12.4. The van der Waals surface area contributed by atoms with Gasteiger partial charge >= 0.3 is 5.97 Å². The number of aryl methyl sites for hydroxylation is 1. The molecule has 1 atom stereocenters. The van der Waals surface area contributed by atoms with Crippen molar-refractivity contribution in [3.05, 3.63) is 53.6 Å². The lowest BCUT2D eigenvalue weighted by molar-refractivity contribution is 0.0319. The fraction of sp³-hybridized carbons (Fsp3) is 0.263. The maximum atomic E-state index is 12.4. The number of nitrogens with zero attached hydrogens (tertiary/aromatic N) is 3. The molecule has 3 aromatic rings. The lowest BCUT2D eigenvalue weighted by Crippen LogP contribution is -2.24. The molecule has 0 radical (unpaired) electrons. The summed E-state index contributed by atoms with van der Waals surface area (Å²) in [5.74, 6) is -0.203. The van der Waals surface area contributed by atoms with Crippen molar-refractivity contribution in [2.75, 3.05) is 7.11 Å². The summed E-state index contributed by atoms with van der Waals surface area (Å²) in [6.07, 6.45) is -0.905. The number of ketones is 1. The van der Waals surface area contributed by atoms with E-state index in [1.54, 1.807) is 61.2 Å². The summed E-state index contributed by atoms with van der Waals surface area (Å²) in [5.41, 5.74) is 2.23. The van der Waals surface area contributed by atoms with E-state index < -0.39 is 12.1 Å². The van der Waals surface area contributed by atoms with Gasteiger partial charge in [-0.25, -0.2) is 9.48 Å². The Bertz CT molecular complexity index is 947. The summed E-state index contributed by atoms with van der Waals surface area (Å²) in [7, 11) is 1.55. The number of fused-ring (bicyclic) bond motifs is 1. The molecular formula is C19H19N3O4. The van der Waals surface area contributed by atoms with Crippen LogP contribution >= 0.6 is 0 Å². The molecule has 2 aromatic carbocycles. The van der Waals surface area contributed by atoms with E-state index in [9.17, 15) is 9.59 Å². The van der Waals surface area contributed by atoms with Crippen LogP contribution in [0.2, 0.25) is 0 Å². The minimum absolute atomic E-state index is 0.279. The van der Waals surface area contributed by atoms with Crippen molar-refractivity contribution < 1.29 is 19.1 Å². The highest BCUT2D eigenvalue weighted by atomic mass is 16.5. The summed E-state index contributed by atoms with van der Waals surface area (Å²) >= 11 is 0. The van der Waals surface area contributed by atoms with Gasteiger partial charge in [-0.1, -0.05) is 5.21 Å². The van der Waals surface area contributed by atoms with Crippen LogP contribution in [0.1, 0.15) is 34.6 Å². The fourth-order valence-corrected chi connectivity index (χ4v) is 2.60. The second-order valence-electron chi connectivity index (χ2n) is 5.75. The molecule has 3 rings (SSSR count). The molecule has 0 spiro atoms. The van der Waals surface area contributed by atoms with Crippen LogP contribution in [0.15, 0.2) is 42.5 Å². The van der Waals surface area contributed by atoms with Crippen molar-refractivity contribution in [3.8, 4) is 5.75 Å². The molecule has 0 aliphatic heterocycles. The number of benzene rings is 2. The Kier molecular flexibility index (Phi) is 4.97. The van der Waals surface area contributed by atoms with Crippen LogP contribution < -0.4 is 4.74 Å². The van der Waals surface area contributed by atoms with Gasteiger partial charge in [0.1, 0.15) is 11.3 Å². The number of esters is 1. The summed E-state index contributed by atoms with van der Waals surface area (Å²) in [6.45, 7) is 4.20. The predicted molar refractivity (Wildman–Crippen MR) is 95.4 cm³/mol. The number of hydrogen-bond donors (Lipinski definition) is 0. The molecule has 134 valence electrons. The number of methoxy groups -OCH3 is 1. The Labute approximate surface area is 150 Å². The maximum Gasteiger partial charge on any atom is 0.338 e. The van der Waals surface area contributed by atoms with Crippen molar-refractivity contribution in [3.63, 3.8) is 0 Å². The molecule has 26 heavy (non-hydrogen) atoms. The van der Waals surface area contributed by atoms with Gasteiger partial charge in [0.2, 0.25) is 5.78 Å². The first-order valence-corrected chi connectivity index (χ1v) is 8.26. The minimum atomic E-state index is -0.905. The van der Waals surface area contributed by atoms with E-state index in [2.05, 4.69) is 10.3 Å². The average molecular weight is 353 g/mol. The van der Waals surface area contributed by atoms with Gasteiger partial charge in [-0.2, -0.15) is 0 Å². The molecule has 0 aliphatic rings. The summed E-state index contributed by atoms with van der Waals surface area (Å²) in [4.78, 5) is 24.8. The van der Waals surface area contributed by atoms with Gasteiger partial charge in [-0.15, -0.1) is 5.10 Å². The Balaban J connectivity index is 1.72. The number of carbonyl (C=O) groups is 2. The van der Waals surface area contributed by atoms with Crippen LogP contribution in [0.25, 0.3) is 11.0 Å². The Morgan fingerprint density at radius 3 is 2.46 bits per heavy atom. The van der Waals surface area contributed by atoms with Gasteiger partial charge in [0.15, 0.2) is 6.10 Å². The normalized spacial score (nSPS) is 12.0. The second-order valence-corrected chi connectivity index (χ2v) is 5.75. The van der Waals surface area contributed by atoms with E-state index in [4.69, 9.17) is 9.47 Å². The van der Waals surface area contributed by atoms with Crippen LogP contribution in [0.4, 0.5) is 0 Å². The van der Waals surface area contributed by atoms with Gasteiger partial charge in [0, 0.05) is 12.1 Å². The van der Waals surface area contributed by atoms with E-state index in [-0.39, 0.29) is 5.78 Å². The first-order valence-electron chi connectivity index (χ1n) is 8.26. The lowest BCUT2D eigenvalue weighted by atomic mass is 10.1. The Morgan fingerprint density at radius 1 is 1.12 bits per heavy atom. The molecule has 0 amide bonds. The van der Waals surface area contributed by atoms with E-state index >= 15 is 0 Å². The van der Waals surface area contributed by atoms with Crippen LogP contribution in [0, 0.1) is 0 Å². The molecule has 7 nitrogen and oxygen atoms in total. The monoisotopic (exact) mass is 353 g/mol. The standard InChI is InChI=1S/C19H19N3O4/c1-4-22-17-10-7-14(11-16(17)20-21-22)19(24)26-12(2)18(23)13-5-8-15(25-3)9-6-13/h5-12H,4H2,1-3H3/t12-/m1/s1. The molecule has 0 saturated carbocycles. The molecule has 1 aromatic heterocycles. The van der Waals surface area contributed by atoms with Crippen molar-refractivity contribution in [2.24, 2.45) is 0 Å². The number of rotatable bonds is 6. The molecule has 7 heteroatoms. The van der Waals surface area contributed by atoms with Gasteiger partial charge in [-0.05, 0) is 56.3 Å². The third-order valence-electron chi connectivity index (χ3n) is 4.08. The van der Waals surface area contributed by atoms with Gasteiger partial charge in [-0.3, -0.25) is 4.79 Å². The second kappa shape index (κ2) is 7.35. The zero-order valence-electron chi connectivity index (χ0n) is 14.8. The van der Waals surface area contributed by atoms with Crippen LogP contribution in [-0.2, 0) is 11.3 Å². The number of Topliss-reactive ketones (excluding diaryl/α,β-unsaturated/α-hetero) is 1. The van der Waals surface area contributed by atoms with E-state index in [0.29, 0.717) is 28.9 Å². The molecule has 0 saturated heterocycles. The molecule has 0 bridgehead atoms. The third-order valence-corrected chi connectivity index (χ3v) is 4.08. The molecule has 0 fully saturated rings. The molecule has 0 N–H and O–H groups in total. The Morgan fingerprint density at radius 2 is 1.81 bits per heavy atom. The SMILES string of the molecule is CCn1nnc2cc(C(=O)O[C@H](C)C(=O)c3ccc(OC)cc3)ccc21. The highest BCUT2D eigenvalue weighted by Crippen LogP contribution is 2.17. The van der Waals surface area contributed by atoms with Gasteiger partial charge in [0.25, 0.3) is 0 Å². The average Bonchev–Trinajstić information content (AvgIpc) is 3.09. The summed E-state index contributed by atoms with van der Waals surface area (Å²) < 4.78 is 12.1. The third kappa shape index (κ3) is 3.42. The lowest BCUT2D eigenvalue weighted by Gasteiger charge is -2.12. The topological polar surface area (TPSA) is 83.3 Å². The number of ether oxygens (including phenoxy) is 2. The van der Waals surface area contributed by atoms with Crippen LogP contribution in [-0.4, -0.2) is 40.0 Å². The number of aromatic nitrogens is 3. The Hall–Kier alpha value is -3.22. The first kappa shape index (κ1) is 17.6. The fourth-order valence-electron chi connectivity index (χ4n) is 2.60. The zero-order chi connectivity index (χ0) is 18.7. The first-order chi connectivity index (χ1) is 12.5. The smallest absolute Gasteiger partial charge is 0.338 e. The summed E-state index contributed by atoms with van der Waals surface area (Å²) in [6, 6.07) is 11.7. The van der Waals surface area contributed by atoms with E-state index in [1.165, 1.54) is 0 Å². The highest BCUT2D eigenvalue weighted by molar-refractivity contribution is 6.02. The molecule has 0 unspecified atom stereocenters. The molecular weight excluding hydrogens is 334 g/mol. The van der Waals surface area contributed by atoms with E-state index in [1.807, 2.05) is 6.92 Å². The van der Waals surface area contributed by atoms with Crippen LogP contribution in [0.5, 0.6) is 5.75 Å². The van der Waals surface area contributed by atoms with Crippen molar-refractivity contribution in [1.82, 2.24) is 15.0 Å². The predicted octanol–water partition coefficient (Wildman–Crippen LogP) is 2.89. The molecule has 0 aliphatic carbocycles. The van der Waals surface area contributed by atoms with Crippen molar-refractivity contribution >= 4 is 22.8 Å². The van der Waals surface area contributed by atoms with Crippen LogP contribution in [0.3, 0.4) is 0 Å². The van der Waals surface area contributed by atoms with Crippen molar-refractivity contribution in [2.45, 2.75) is 26.5 Å². The van der Waals surface area contributed by atoms with Gasteiger partial charge < -0.3 is 9.47 Å². The number of carbonyl (C=O) groups excluding carboxylic acids is 2. The van der Waals surface area contributed by atoms with E-state index in [0.717, 1.165) is 5.52 Å². The highest BCUT2D eigenvalue weighted by Gasteiger charge is 2.21. The molecule has 1 heterocycles. The quantitative estimate of drug-likeness (QED) is 0.500. The minimum Gasteiger partial charge on any atom is -0.497 e. The summed E-state index contributed by atoms with van der Waals surface area (Å²) in [5, 5.41) is 8.04. The zero-order valence-corrected chi connectivity index (χ0v) is 14.8. The number of hydrogen-bond acceptors (Lipinski definition) is 6.